The van der Waals surface area contributed by atoms with Gasteiger partial charge in [0.05, 0.1) is 0 Å². The molecule has 0 unspecified atom stereocenters. The first-order valence-corrected chi connectivity index (χ1v) is 13.5. The molecule has 4 aromatic rings. The third-order valence-corrected chi connectivity index (χ3v) is 8.28. The number of nitrogens with zero attached hydrogens (tertiary/aromatic N) is 2. The molecule has 8 nitrogen and oxygen atoms in total. The van der Waals surface area contributed by atoms with Crippen molar-refractivity contribution in [2.45, 2.75) is 23.3 Å². The fourth-order valence-corrected chi connectivity index (χ4v) is 6.39. The number of hydrogen-bond acceptors (Lipinski definition) is 6. The van der Waals surface area contributed by atoms with E-state index >= 15 is 0 Å². The Morgan fingerprint density at radius 2 is 1.82 bits per heavy atom. The lowest BCUT2D eigenvalue weighted by molar-refractivity contribution is 0.0691. The van der Waals surface area contributed by atoms with E-state index in [1.807, 2.05) is 77.8 Å². The van der Waals surface area contributed by atoms with Crippen LogP contribution in [0.25, 0.3) is 0 Å². The second kappa shape index (κ2) is 10.2. The third-order valence-electron chi connectivity index (χ3n) is 6.81. The van der Waals surface area contributed by atoms with Crippen LogP contribution in [0.3, 0.4) is 0 Å². The maximum absolute atomic E-state index is 13.3. The van der Waals surface area contributed by atoms with Crippen LogP contribution in [-0.2, 0) is 12.4 Å². The Kier molecular flexibility index (Phi) is 6.54. The zero-order chi connectivity index (χ0) is 27.1. The number of benzene rings is 3. The number of amides is 1. The number of ether oxygens (including phenoxy) is 1. The van der Waals surface area contributed by atoms with E-state index in [0.29, 0.717) is 10.8 Å². The third kappa shape index (κ3) is 4.43. The van der Waals surface area contributed by atoms with Crippen LogP contribution in [0.4, 0.5) is 0 Å². The van der Waals surface area contributed by atoms with E-state index < -0.39 is 28.9 Å². The number of thioether (sulfide) groups is 1. The molecular weight excluding hydrogens is 538 g/mol. The lowest BCUT2D eigenvalue weighted by atomic mass is 9.94. The molecule has 2 N–H and O–H groups in total. The quantitative estimate of drug-likeness (QED) is 0.362. The second-order valence-corrected chi connectivity index (χ2v) is 10.5. The summed E-state index contributed by atoms with van der Waals surface area (Å²) in [6, 6.07) is 22.3. The van der Waals surface area contributed by atoms with Gasteiger partial charge in [0.15, 0.2) is 11.4 Å². The van der Waals surface area contributed by atoms with Gasteiger partial charge < -0.3 is 15.2 Å². The predicted molar refractivity (Wildman–Crippen MR) is 148 cm³/mol. The van der Waals surface area contributed by atoms with E-state index in [-0.39, 0.29) is 24.7 Å². The minimum Gasteiger partial charge on any atom is -0.482 e. The van der Waals surface area contributed by atoms with Crippen LogP contribution < -0.4 is 20.5 Å². The number of carbonyl (C=O) groups is 2. The van der Waals surface area contributed by atoms with E-state index in [4.69, 9.17) is 16.3 Å². The van der Waals surface area contributed by atoms with Crippen molar-refractivity contribution in [3.05, 3.63) is 128 Å². The molecule has 0 bridgehead atoms. The van der Waals surface area contributed by atoms with Crippen molar-refractivity contribution in [3.8, 4) is 5.75 Å². The smallest absolute Gasteiger partial charge is 0.341 e. The van der Waals surface area contributed by atoms with Crippen LogP contribution in [-0.4, -0.2) is 28.3 Å². The van der Waals surface area contributed by atoms with Crippen LogP contribution in [0.2, 0.25) is 5.02 Å². The summed E-state index contributed by atoms with van der Waals surface area (Å²) >= 11 is 8.48. The highest BCUT2D eigenvalue weighted by Gasteiger charge is 2.38. The van der Waals surface area contributed by atoms with Crippen molar-refractivity contribution >= 4 is 35.2 Å². The summed E-state index contributed by atoms with van der Waals surface area (Å²) in [5.41, 5.74) is 2.14. The lowest BCUT2D eigenvalue weighted by Gasteiger charge is -2.40. The Balaban J connectivity index is 1.57. The molecule has 0 saturated heterocycles. The van der Waals surface area contributed by atoms with Gasteiger partial charge in [-0.1, -0.05) is 72.3 Å². The molecule has 1 atom stereocenters. The SMILES string of the molecule is O=C(O)c1cn2c(c(OCc3ccccc3)c1=O)C(=O)NCN2[C@@H]1c2ccccc2SCc2cccc(Cl)c21. The van der Waals surface area contributed by atoms with Crippen LogP contribution in [0.1, 0.15) is 49.1 Å². The minimum atomic E-state index is -1.42. The van der Waals surface area contributed by atoms with Gasteiger partial charge in [0.25, 0.3) is 5.91 Å². The second-order valence-electron chi connectivity index (χ2n) is 9.12. The van der Waals surface area contributed by atoms with Crippen molar-refractivity contribution in [1.82, 2.24) is 9.99 Å². The summed E-state index contributed by atoms with van der Waals surface area (Å²) < 4.78 is 7.33. The molecule has 10 heteroatoms. The monoisotopic (exact) mass is 559 g/mol. The number of aromatic carboxylic acids is 1. The summed E-state index contributed by atoms with van der Waals surface area (Å²) in [5.74, 6) is -1.59. The van der Waals surface area contributed by atoms with Crippen molar-refractivity contribution in [3.63, 3.8) is 0 Å². The van der Waals surface area contributed by atoms with Crippen LogP contribution in [0, 0.1) is 0 Å². The van der Waals surface area contributed by atoms with E-state index in [9.17, 15) is 19.5 Å². The van der Waals surface area contributed by atoms with Gasteiger partial charge in [0.1, 0.15) is 24.9 Å². The molecule has 0 radical (unpaired) electrons. The summed E-state index contributed by atoms with van der Waals surface area (Å²) in [5, 5.41) is 15.1. The van der Waals surface area contributed by atoms with Crippen LogP contribution in [0.5, 0.6) is 5.75 Å². The average Bonchev–Trinajstić information content (AvgIpc) is 3.11. The van der Waals surface area contributed by atoms with Gasteiger partial charge in [-0.25, -0.2) is 4.79 Å². The van der Waals surface area contributed by atoms with E-state index in [1.54, 1.807) is 11.8 Å². The van der Waals surface area contributed by atoms with Gasteiger partial charge in [-0.3, -0.25) is 19.3 Å². The summed E-state index contributed by atoms with van der Waals surface area (Å²) in [6.07, 6.45) is 1.20. The first kappa shape index (κ1) is 25.1. The van der Waals surface area contributed by atoms with Crippen molar-refractivity contribution in [1.29, 1.82) is 0 Å². The van der Waals surface area contributed by atoms with Gasteiger partial charge in [0.2, 0.25) is 5.43 Å². The zero-order valence-electron chi connectivity index (χ0n) is 20.5. The Morgan fingerprint density at radius 1 is 1.05 bits per heavy atom. The van der Waals surface area contributed by atoms with E-state index in [2.05, 4.69) is 5.32 Å². The molecule has 0 fully saturated rings. The van der Waals surface area contributed by atoms with Gasteiger partial charge in [-0.2, -0.15) is 0 Å². The lowest BCUT2D eigenvalue weighted by Crippen LogP contribution is -2.54. The normalized spacial score (nSPS) is 15.9. The summed E-state index contributed by atoms with van der Waals surface area (Å²) in [6.45, 7) is 0.0250. The highest BCUT2D eigenvalue weighted by Crippen LogP contribution is 2.44. The number of carbonyl (C=O) groups excluding carboxylic acids is 1. The molecule has 1 aromatic heterocycles. The molecule has 0 saturated carbocycles. The van der Waals surface area contributed by atoms with Gasteiger partial charge in [-0.15, -0.1) is 11.8 Å². The van der Waals surface area contributed by atoms with E-state index in [0.717, 1.165) is 27.1 Å². The molecular formula is C29H22ClN3O5S. The standard InChI is InChI=1S/C29H22ClN3O5S/c30-21-11-6-9-18-15-39-22-12-5-4-10-19(22)24(23(18)21)33-16-31-28(35)25-27(38-14-17-7-2-1-3-8-17)26(34)20(29(36)37)13-32(25)33/h1-13,24H,14-16H2,(H,31,35)(H,36,37)/t24-/m1/s1. The molecule has 196 valence electrons. The first-order valence-electron chi connectivity index (χ1n) is 12.2. The number of halogens is 1. The van der Waals surface area contributed by atoms with Gasteiger partial charge in [0, 0.05) is 27.4 Å². The number of carboxylic acids is 1. The molecule has 1 amide bonds. The number of rotatable bonds is 5. The highest BCUT2D eigenvalue weighted by atomic mass is 35.5. The number of carboxylic acid groups (broad SMARTS) is 1. The summed E-state index contributed by atoms with van der Waals surface area (Å²) in [4.78, 5) is 39.8. The largest absolute Gasteiger partial charge is 0.482 e. The minimum absolute atomic E-state index is 0.0169. The van der Waals surface area contributed by atoms with Gasteiger partial charge >= 0.3 is 5.97 Å². The Morgan fingerprint density at radius 3 is 2.62 bits per heavy atom. The van der Waals surface area contributed by atoms with Crippen molar-refractivity contribution in [2.24, 2.45) is 0 Å². The number of pyridine rings is 1. The molecule has 0 aliphatic carbocycles. The molecule has 2 aliphatic heterocycles. The molecule has 3 heterocycles. The number of aromatic nitrogens is 1. The summed E-state index contributed by atoms with van der Waals surface area (Å²) in [7, 11) is 0. The van der Waals surface area contributed by atoms with Crippen molar-refractivity contribution in [2.75, 3.05) is 11.7 Å². The Labute approximate surface area is 232 Å². The molecule has 3 aromatic carbocycles. The van der Waals surface area contributed by atoms with Crippen molar-refractivity contribution < 1.29 is 19.4 Å². The molecule has 2 aliphatic rings. The maximum Gasteiger partial charge on any atom is 0.341 e. The van der Waals surface area contributed by atoms with E-state index in [1.165, 1.54) is 10.9 Å². The number of hydrogen-bond donors (Lipinski definition) is 2. The number of nitrogens with one attached hydrogen (secondary N) is 1. The highest BCUT2D eigenvalue weighted by molar-refractivity contribution is 7.98. The molecule has 0 spiro atoms. The number of fused-ring (bicyclic) bond motifs is 3. The fourth-order valence-electron chi connectivity index (χ4n) is 5.01. The van der Waals surface area contributed by atoms with Crippen LogP contribution in [0.15, 0.2) is 88.7 Å². The predicted octanol–water partition coefficient (Wildman–Crippen LogP) is 4.81. The van der Waals surface area contributed by atoms with Gasteiger partial charge in [-0.05, 0) is 28.8 Å². The maximum atomic E-state index is 13.3. The first-order chi connectivity index (χ1) is 18.9. The molecule has 39 heavy (non-hydrogen) atoms. The Bertz CT molecular complexity index is 1670. The zero-order valence-corrected chi connectivity index (χ0v) is 22.0. The Hall–Kier alpha value is -4.21. The fraction of sp³-hybridized carbons (Fsp3) is 0.138. The average molecular weight is 560 g/mol. The van der Waals surface area contributed by atoms with Crippen LogP contribution >= 0.6 is 23.4 Å². The topological polar surface area (TPSA) is 101 Å². The molecule has 6 rings (SSSR count).